The predicted octanol–water partition coefficient (Wildman–Crippen LogP) is 2.47. The highest BCUT2D eigenvalue weighted by Gasteiger charge is 2.23. The Bertz CT molecular complexity index is 286. The minimum Gasteiger partial charge on any atom is -0.356 e. The molecule has 1 rings (SSSR count). The van der Waals surface area contributed by atoms with E-state index in [0.29, 0.717) is 19.0 Å². The van der Waals surface area contributed by atoms with Crippen molar-refractivity contribution in [3.63, 3.8) is 0 Å². The fraction of sp³-hybridized carbons (Fsp3) is 0.867. The molecule has 110 valence electrons. The minimum atomic E-state index is 0.0653. The van der Waals surface area contributed by atoms with E-state index in [1.54, 1.807) is 6.92 Å². The van der Waals surface area contributed by atoms with E-state index in [1.165, 1.54) is 19.3 Å². The van der Waals surface area contributed by atoms with E-state index in [4.69, 9.17) is 0 Å². The second-order valence-electron chi connectivity index (χ2n) is 5.46. The number of carbonyl (C=O) groups excluding carboxylic acids is 2. The molecular weight excluding hydrogens is 240 g/mol. The first-order valence-corrected chi connectivity index (χ1v) is 7.69. The van der Waals surface area contributed by atoms with Gasteiger partial charge in [-0.05, 0) is 19.3 Å². The average molecular weight is 268 g/mol. The molecule has 1 fully saturated rings. The van der Waals surface area contributed by atoms with Crippen LogP contribution in [0.25, 0.3) is 0 Å². The fourth-order valence-electron chi connectivity index (χ4n) is 2.70. The van der Waals surface area contributed by atoms with Gasteiger partial charge in [-0.1, -0.05) is 32.6 Å². The first kappa shape index (κ1) is 16.0. The van der Waals surface area contributed by atoms with Crippen LogP contribution in [-0.2, 0) is 9.59 Å². The molecule has 0 saturated heterocycles. The summed E-state index contributed by atoms with van der Waals surface area (Å²) in [6.45, 7) is 5.03. The quantitative estimate of drug-likeness (QED) is 0.721. The first-order chi connectivity index (χ1) is 9.15. The maximum Gasteiger partial charge on any atom is 0.221 e. The molecule has 4 nitrogen and oxygen atoms in total. The number of amides is 2. The van der Waals surface area contributed by atoms with Crippen LogP contribution < -0.4 is 5.32 Å². The molecule has 0 bridgehead atoms. The minimum absolute atomic E-state index is 0.0653. The van der Waals surface area contributed by atoms with E-state index >= 15 is 0 Å². The molecule has 0 heterocycles. The Morgan fingerprint density at radius 2 is 1.89 bits per heavy atom. The number of carbonyl (C=O) groups is 2. The first-order valence-electron chi connectivity index (χ1n) is 7.69. The van der Waals surface area contributed by atoms with Crippen LogP contribution in [0.5, 0.6) is 0 Å². The van der Waals surface area contributed by atoms with Gasteiger partial charge in [-0.15, -0.1) is 0 Å². The van der Waals surface area contributed by atoms with Gasteiger partial charge in [0.1, 0.15) is 0 Å². The van der Waals surface area contributed by atoms with Gasteiger partial charge in [0.25, 0.3) is 0 Å². The summed E-state index contributed by atoms with van der Waals surface area (Å²) < 4.78 is 0. The van der Waals surface area contributed by atoms with E-state index in [-0.39, 0.29) is 11.8 Å². The maximum absolute atomic E-state index is 11.7. The third-order valence-corrected chi connectivity index (χ3v) is 3.85. The molecule has 2 amide bonds. The zero-order chi connectivity index (χ0) is 14.1. The highest BCUT2D eigenvalue weighted by molar-refractivity contribution is 5.78. The Morgan fingerprint density at radius 3 is 2.47 bits per heavy atom. The molecule has 19 heavy (non-hydrogen) atoms. The Hall–Kier alpha value is -1.06. The van der Waals surface area contributed by atoms with Crippen molar-refractivity contribution in [1.82, 2.24) is 10.2 Å². The number of unbranched alkanes of at least 4 members (excludes halogenated alkanes) is 1. The van der Waals surface area contributed by atoms with Crippen LogP contribution in [0.15, 0.2) is 0 Å². The van der Waals surface area contributed by atoms with Crippen LogP contribution in [0.1, 0.15) is 65.2 Å². The molecule has 0 atom stereocenters. The van der Waals surface area contributed by atoms with Crippen molar-refractivity contribution in [2.24, 2.45) is 0 Å². The van der Waals surface area contributed by atoms with E-state index < -0.39 is 0 Å². The van der Waals surface area contributed by atoms with Crippen molar-refractivity contribution < 1.29 is 9.59 Å². The molecule has 4 heteroatoms. The van der Waals surface area contributed by atoms with Crippen molar-refractivity contribution in [2.45, 2.75) is 71.3 Å². The average Bonchev–Trinajstić information content (AvgIpc) is 2.40. The highest BCUT2D eigenvalue weighted by atomic mass is 16.2. The van der Waals surface area contributed by atoms with Gasteiger partial charge >= 0.3 is 0 Å². The zero-order valence-electron chi connectivity index (χ0n) is 12.4. The predicted molar refractivity (Wildman–Crippen MR) is 76.8 cm³/mol. The molecular formula is C15H28N2O2. The molecule has 1 saturated carbocycles. The Labute approximate surface area is 116 Å². The van der Waals surface area contributed by atoms with Crippen molar-refractivity contribution in [2.75, 3.05) is 13.1 Å². The maximum atomic E-state index is 11.7. The number of nitrogens with zero attached hydrogens (tertiary/aromatic N) is 1. The lowest BCUT2D eigenvalue weighted by molar-refractivity contribution is -0.132. The van der Waals surface area contributed by atoms with Crippen molar-refractivity contribution in [3.8, 4) is 0 Å². The monoisotopic (exact) mass is 268 g/mol. The smallest absolute Gasteiger partial charge is 0.221 e. The van der Waals surface area contributed by atoms with Gasteiger partial charge < -0.3 is 10.2 Å². The van der Waals surface area contributed by atoms with E-state index in [1.807, 2.05) is 4.90 Å². The molecule has 0 unspecified atom stereocenters. The van der Waals surface area contributed by atoms with Crippen LogP contribution in [0.3, 0.4) is 0 Å². The van der Waals surface area contributed by atoms with E-state index in [0.717, 1.165) is 32.2 Å². The molecule has 0 aromatic carbocycles. The van der Waals surface area contributed by atoms with E-state index in [9.17, 15) is 9.59 Å². The van der Waals surface area contributed by atoms with Gasteiger partial charge in [-0.25, -0.2) is 0 Å². The molecule has 1 aliphatic rings. The third kappa shape index (κ3) is 6.08. The largest absolute Gasteiger partial charge is 0.356 e. The highest BCUT2D eigenvalue weighted by Crippen LogP contribution is 2.22. The number of hydrogen-bond acceptors (Lipinski definition) is 2. The molecule has 0 aliphatic heterocycles. The zero-order valence-corrected chi connectivity index (χ0v) is 12.4. The number of hydrogen-bond donors (Lipinski definition) is 1. The van der Waals surface area contributed by atoms with Gasteiger partial charge in [0.15, 0.2) is 0 Å². The van der Waals surface area contributed by atoms with Gasteiger partial charge in [-0.3, -0.25) is 9.59 Å². The Morgan fingerprint density at radius 1 is 1.21 bits per heavy atom. The molecule has 0 aromatic rings. The van der Waals surface area contributed by atoms with E-state index in [2.05, 4.69) is 12.2 Å². The lowest BCUT2D eigenvalue weighted by Crippen LogP contribution is -2.42. The van der Waals surface area contributed by atoms with Crippen LogP contribution in [0.4, 0.5) is 0 Å². The summed E-state index contributed by atoms with van der Waals surface area (Å²) in [5.41, 5.74) is 0. The van der Waals surface area contributed by atoms with Gasteiger partial charge in [-0.2, -0.15) is 0 Å². The lowest BCUT2D eigenvalue weighted by atomic mass is 9.94. The van der Waals surface area contributed by atoms with Gasteiger partial charge in [0.05, 0.1) is 0 Å². The third-order valence-electron chi connectivity index (χ3n) is 3.85. The fourth-order valence-corrected chi connectivity index (χ4v) is 2.70. The molecule has 0 spiro atoms. The number of rotatable bonds is 7. The van der Waals surface area contributed by atoms with Gasteiger partial charge in [0, 0.05) is 32.5 Å². The summed E-state index contributed by atoms with van der Waals surface area (Å²) in [7, 11) is 0. The summed E-state index contributed by atoms with van der Waals surface area (Å²) in [6, 6.07) is 0.356. The summed E-state index contributed by atoms with van der Waals surface area (Å²) in [5, 5.41) is 2.90. The standard InChI is InChI=1S/C15H28N2O2/c1-3-4-11-16-15(19)10-12-17(13(2)18)14-8-6-5-7-9-14/h14H,3-12H2,1-2H3,(H,16,19). The molecule has 1 N–H and O–H groups in total. The van der Waals surface area contributed by atoms with Crippen molar-refractivity contribution in [1.29, 1.82) is 0 Å². The normalized spacial score (nSPS) is 16.1. The lowest BCUT2D eigenvalue weighted by Gasteiger charge is -2.33. The van der Waals surface area contributed by atoms with Crippen LogP contribution in [0.2, 0.25) is 0 Å². The Balaban J connectivity index is 2.32. The summed E-state index contributed by atoms with van der Waals surface area (Å²) in [4.78, 5) is 25.3. The summed E-state index contributed by atoms with van der Waals surface area (Å²) >= 11 is 0. The van der Waals surface area contributed by atoms with Crippen LogP contribution in [-0.4, -0.2) is 35.8 Å². The molecule has 1 aliphatic carbocycles. The summed E-state index contributed by atoms with van der Waals surface area (Å²) in [5.74, 6) is 0.170. The second-order valence-corrected chi connectivity index (χ2v) is 5.46. The molecule has 0 aromatic heterocycles. The number of nitrogens with one attached hydrogen (secondary N) is 1. The van der Waals surface area contributed by atoms with Crippen molar-refractivity contribution in [3.05, 3.63) is 0 Å². The molecule has 0 radical (unpaired) electrons. The second kappa shape index (κ2) is 8.94. The summed E-state index contributed by atoms with van der Waals surface area (Å²) in [6.07, 6.45) is 8.41. The van der Waals surface area contributed by atoms with Crippen LogP contribution in [0, 0.1) is 0 Å². The Kier molecular flexibility index (Phi) is 7.53. The van der Waals surface area contributed by atoms with Gasteiger partial charge in [0.2, 0.25) is 11.8 Å². The topological polar surface area (TPSA) is 49.4 Å². The van der Waals surface area contributed by atoms with Crippen molar-refractivity contribution >= 4 is 11.8 Å². The van der Waals surface area contributed by atoms with Crippen LogP contribution >= 0.6 is 0 Å². The SMILES string of the molecule is CCCCNC(=O)CCN(C(C)=O)C1CCCCC1.